The number of hydrogen-bond acceptors (Lipinski definition) is 1. The molecule has 0 aliphatic carbocycles. The maximum Gasteiger partial charge on any atom is 0.195 e. The van der Waals surface area contributed by atoms with Crippen LogP contribution in [0.3, 0.4) is 0 Å². The fraction of sp³-hybridized carbons (Fsp3) is 0.250. The van der Waals surface area contributed by atoms with Crippen LogP contribution in [0.15, 0.2) is 23.8 Å². The molecule has 0 saturated carbocycles. The Bertz CT molecular complexity index is 450. The quantitative estimate of drug-likeness (QED) is 0.438. The number of benzene rings is 1. The molecule has 0 heterocycles. The molecule has 16 heavy (non-hydrogen) atoms. The lowest BCUT2D eigenvalue weighted by molar-refractivity contribution is 0.102. The van der Waals surface area contributed by atoms with Crippen LogP contribution >= 0.6 is 0 Å². The molecule has 0 N–H and O–H groups in total. The van der Waals surface area contributed by atoms with Crippen molar-refractivity contribution < 1.29 is 18.0 Å². The first-order valence-corrected chi connectivity index (χ1v) is 4.86. The predicted octanol–water partition coefficient (Wildman–Crippen LogP) is 3.64. The summed E-state index contributed by atoms with van der Waals surface area (Å²) in [6.07, 6.45) is 1.94. The molecule has 0 fully saturated rings. The van der Waals surface area contributed by atoms with Gasteiger partial charge in [0.2, 0.25) is 0 Å². The maximum atomic E-state index is 13.3. The monoisotopic (exact) mass is 228 g/mol. The summed E-state index contributed by atoms with van der Waals surface area (Å²) in [6, 6.07) is 1.70. The van der Waals surface area contributed by atoms with Crippen molar-refractivity contribution in [1.29, 1.82) is 0 Å². The second-order valence-electron chi connectivity index (χ2n) is 3.22. The van der Waals surface area contributed by atoms with Gasteiger partial charge in [-0.1, -0.05) is 13.0 Å². The third-order valence-corrected chi connectivity index (χ3v) is 2.30. The third-order valence-electron chi connectivity index (χ3n) is 2.30. The van der Waals surface area contributed by atoms with Crippen LogP contribution in [0.1, 0.15) is 30.6 Å². The number of halogens is 3. The summed E-state index contributed by atoms with van der Waals surface area (Å²) in [7, 11) is 0. The minimum Gasteiger partial charge on any atom is -0.289 e. The van der Waals surface area contributed by atoms with Crippen LogP contribution in [0, 0.1) is 17.5 Å². The Morgan fingerprint density at radius 1 is 1.25 bits per heavy atom. The summed E-state index contributed by atoms with van der Waals surface area (Å²) in [4.78, 5) is 11.7. The molecule has 1 aromatic carbocycles. The van der Waals surface area contributed by atoms with E-state index in [0.29, 0.717) is 12.0 Å². The van der Waals surface area contributed by atoms with E-state index in [1.54, 1.807) is 13.8 Å². The molecule has 0 aromatic heterocycles. The van der Waals surface area contributed by atoms with Crippen LogP contribution in [0.25, 0.3) is 0 Å². The van der Waals surface area contributed by atoms with Gasteiger partial charge >= 0.3 is 0 Å². The zero-order valence-corrected chi connectivity index (χ0v) is 8.98. The lowest BCUT2D eigenvalue weighted by atomic mass is 10.0. The van der Waals surface area contributed by atoms with Crippen molar-refractivity contribution >= 4 is 5.78 Å². The molecule has 0 spiro atoms. The van der Waals surface area contributed by atoms with Crippen LogP contribution in [0.4, 0.5) is 13.2 Å². The van der Waals surface area contributed by atoms with Gasteiger partial charge in [-0.25, -0.2) is 13.2 Å². The van der Waals surface area contributed by atoms with Gasteiger partial charge in [0.15, 0.2) is 23.2 Å². The highest BCUT2D eigenvalue weighted by Gasteiger charge is 2.20. The van der Waals surface area contributed by atoms with Crippen molar-refractivity contribution in [2.45, 2.75) is 20.3 Å². The highest BCUT2D eigenvalue weighted by Crippen LogP contribution is 2.19. The number of allylic oxidation sites excluding steroid dienone is 2. The van der Waals surface area contributed by atoms with Gasteiger partial charge < -0.3 is 0 Å². The smallest absolute Gasteiger partial charge is 0.195 e. The van der Waals surface area contributed by atoms with Gasteiger partial charge in [-0.3, -0.25) is 4.79 Å². The van der Waals surface area contributed by atoms with Gasteiger partial charge in [0.25, 0.3) is 0 Å². The number of rotatable bonds is 3. The summed E-state index contributed by atoms with van der Waals surface area (Å²) in [5, 5.41) is 0. The van der Waals surface area contributed by atoms with Crippen LogP contribution < -0.4 is 0 Å². The second-order valence-corrected chi connectivity index (χ2v) is 3.22. The van der Waals surface area contributed by atoms with Crippen LogP contribution in [0.5, 0.6) is 0 Å². The van der Waals surface area contributed by atoms with Crippen LogP contribution in [0.2, 0.25) is 0 Å². The highest BCUT2D eigenvalue weighted by atomic mass is 19.2. The van der Waals surface area contributed by atoms with E-state index in [9.17, 15) is 18.0 Å². The van der Waals surface area contributed by atoms with E-state index in [1.165, 1.54) is 6.08 Å². The molecule has 4 heteroatoms. The molecular formula is C12H11F3O. The normalized spacial score (nSPS) is 11.7. The summed E-state index contributed by atoms with van der Waals surface area (Å²) in [6.45, 7) is 3.36. The van der Waals surface area contributed by atoms with Crippen molar-refractivity contribution in [3.63, 3.8) is 0 Å². The first-order chi connectivity index (χ1) is 7.52. The topological polar surface area (TPSA) is 17.1 Å². The number of Topliss-reactive ketones (excluding diaryl/α,β-unsaturated/α-hetero) is 1. The number of carbonyl (C=O) groups is 1. The van der Waals surface area contributed by atoms with E-state index < -0.39 is 28.8 Å². The maximum absolute atomic E-state index is 13.3. The lowest BCUT2D eigenvalue weighted by Crippen LogP contribution is -2.08. The molecule has 0 radical (unpaired) electrons. The van der Waals surface area contributed by atoms with Crippen molar-refractivity contribution in [3.05, 3.63) is 46.8 Å². The number of carbonyl (C=O) groups excluding carboxylic acids is 1. The van der Waals surface area contributed by atoms with E-state index in [1.807, 2.05) is 0 Å². The minimum atomic E-state index is -1.61. The fourth-order valence-corrected chi connectivity index (χ4v) is 1.37. The average molecular weight is 228 g/mol. The third kappa shape index (κ3) is 2.15. The van der Waals surface area contributed by atoms with E-state index in [-0.39, 0.29) is 0 Å². The van der Waals surface area contributed by atoms with Crippen molar-refractivity contribution in [2.24, 2.45) is 0 Å². The molecule has 1 aromatic rings. The summed E-state index contributed by atoms with van der Waals surface area (Å²) < 4.78 is 38.8. The first kappa shape index (κ1) is 12.5. The SMILES string of the molecule is C/C=C(/CC)C(=O)c1ccc(F)c(F)c1F. The Morgan fingerprint density at radius 3 is 2.38 bits per heavy atom. The predicted molar refractivity (Wildman–Crippen MR) is 54.7 cm³/mol. The van der Waals surface area contributed by atoms with Gasteiger partial charge in [0, 0.05) is 0 Å². The second kappa shape index (κ2) is 4.96. The number of ketones is 1. The van der Waals surface area contributed by atoms with Gasteiger partial charge in [-0.05, 0) is 31.1 Å². The standard InChI is InChI=1S/C12H11F3O/c1-3-7(4-2)12(16)8-5-6-9(13)11(15)10(8)14/h3,5-6H,4H2,1-2H3/b7-3-. The van der Waals surface area contributed by atoms with Gasteiger partial charge in [-0.2, -0.15) is 0 Å². The van der Waals surface area contributed by atoms with Crippen molar-refractivity contribution in [3.8, 4) is 0 Å². The Morgan fingerprint density at radius 2 is 1.88 bits per heavy atom. The molecule has 0 unspecified atom stereocenters. The zero-order chi connectivity index (χ0) is 12.3. The van der Waals surface area contributed by atoms with E-state index in [2.05, 4.69) is 0 Å². The summed E-state index contributed by atoms with van der Waals surface area (Å²) >= 11 is 0. The van der Waals surface area contributed by atoms with E-state index in [4.69, 9.17) is 0 Å². The van der Waals surface area contributed by atoms with Crippen molar-refractivity contribution in [2.75, 3.05) is 0 Å². The highest BCUT2D eigenvalue weighted by molar-refractivity contribution is 6.08. The van der Waals surface area contributed by atoms with Gasteiger partial charge in [0.1, 0.15) is 0 Å². The molecule has 0 aliphatic rings. The molecule has 86 valence electrons. The molecule has 0 atom stereocenters. The van der Waals surface area contributed by atoms with E-state index in [0.717, 1.165) is 12.1 Å². The molecule has 0 bridgehead atoms. The van der Waals surface area contributed by atoms with Gasteiger partial charge in [0.05, 0.1) is 5.56 Å². The summed E-state index contributed by atoms with van der Waals surface area (Å²) in [5.41, 5.74) is -0.0706. The lowest BCUT2D eigenvalue weighted by Gasteiger charge is -2.05. The molecule has 0 saturated heterocycles. The Hall–Kier alpha value is -1.58. The largest absolute Gasteiger partial charge is 0.289 e. The fourth-order valence-electron chi connectivity index (χ4n) is 1.37. The number of hydrogen-bond donors (Lipinski definition) is 0. The Kier molecular flexibility index (Phi) is 3.88. The molecule has 1 nitrogen and oxygen atoms in total. The van der Waals surface area contributed by atoms with Crippen LogP contribution in [-0.4, -0.2) is 5.78 Å². The average Bonchev–Trinajstić information content (AvgIpc) is 2.27. The zero-order valence-electron chi connectivity index (χ0n) is 8.98. The molecular weight excluding hydrogens is 217 g/mol. The summed E-state index contributed by atoms with van der Waals surface area (Å²) in [5.74, 6) is -4.95. The van der Waals surface area contributed by atoms with Crippen molar-refractivity contribution in [1.82, 2.24) is 0 Å². The Labute approximate surface area is 91.6 Å². The molecule has 0 amide bonds. The minimum absolute atomic E-state index is 0.366. The molecule has 1 rings (SSSR count). The molecule has 0 aliphatic heterocycles. The van der Waals surface area contributed by atoms with Gasteiger partial charge in [-0.15, -0.1) is 0 Å². The first-order valence-electron chi connectivity index (χ1n) is 4.86. The Balaban J connectivity index is 3.25. The van der Waals surface area contributed by atoms with E-state index >= 15 is 0 Å². The van der Waals surface area contributed by atoms with Crippen LogP contribution in [-0.2, 0) is 0 Å².